The van der Waals surface area contributed by atoms with Gasteiger partial charge in [-0.1, -0.05) is 55.5 Å². The fourth-order valence-corrected chi connectivity index (χ4v) is 5.11. The standard InChI is InChI=1S/C26H24N2O4/c1-2-25(16-27-20-12-6-4-10-18(20)25)28-21-13-7-5-11-19(21)26(32,24(28)31)15-23(30)17-9-3-8-14-22(17)29/h3-14,27,29,32H,2,15-16H2,1H3. The van der Waals surface area contributed by atoms with Crippen LogP contribution in [-0.2, 0) is 15.9 Å². The third kappa shape index (κ3) is 2.69. The van der Waals surface area contributed by atoms with E-state index >= 15 is 0 Å². The smallest absolute Gasteiger partial charge is 0.265 e. The van der Waals surface area contributed by atoms with Gasteiger partial charge in [0.15, 0.2) is 11.4 Å². The van der Waals surface area contributed by atoms with Crippen molar-refractivity contribution in [2.24, 2.45) is 0 Å². The van der Waals surface area contributed by atoms with Crippen molar-refractivity contribution < 1.29 is 19.8 Å². The van der Waals surface area contributed by atoms with Crippen LogP contribution in [0.25, 0.3) is 0 Å². The molecule has 1 amide bonds. The Hall–Kier alpha value is -3.64. The first-order chi connectivity index (χ1) is 15.4. The van der Waals surface area contributed by atoms with E-state index in [1.54, 1.807) is 29.2 Å². The number of amides is 1. The predicted octanol–water partition coefficient (Wildman–Crippen LogP) is 3.93. The number of benzene rings is 3. The summed E-state index contributed by atoms with van der Waals surface area (Å²) in [5, 5.41) is 25.2. The van der Waals surface area contributed by atoms with E-state index in [2.05, 4.69) is 5.32 Å². The molecule has 2 aliphatic rings. The molecule has 0 bridgehead atoms. The minimum Gasteiger partial charge on any atom is -0.507 e. The first-order valence-electron chi connectivity index (χ1n) is 10.7. The van der Waals surface area contributed by atoms with Gasteiger partial charge in [0.1, 0.15) is 5.75 Å². The van der Waals surface area contributed by atoms with Gasteiger partial charge in [0.2, 0.25) is 0 Å². The Bertz CT molecular complexity index is 1240. The Morgan fingerprint density at radius 2 is 1.66 bits per heavy atom. The molecule has 0 saturated carbocycles. The lowest BCUT2D eigenvalue weighted by Gasteiger charge is -2.39. The molecule has 2 heterocycles. The summed E-state index contributed by atoms with van der Waals surface area (Å²) in [6.45, 7) is 2.52. The van der Waals surface area contributed by atoms with E-state index in [4.69, 9.17) is 0 Å². The van der Waals surface area contributed by atoms with Gasteiger partial charge in [-0.3, -0.25) is 14.5 Å². The largest absolute Gasteiger partial charge is 0.507 e. The van der Waals surface area contributed by atoms with Gasteiger partial charge in [0.05, 0.1) is 23.2 Å². The van der Waals surface area contributed by atoms with Crippen LogP contribution in [0.2, 0.25) is 0 Å². The molecule has 6 heteroatoms. The number of ketones is 1. The third-order valence-corrected chi connectivity index (χ3v) is 6.78. The number of carbonyl (C=O) groups excluding carboxylic acids is 2. The van der Waals surface area contributed by atoms with Crippen molar-refractivity contribution in [1.29, 1.82) is 0 Å². The Balaban J connectivity index is 1.62. The SMILES string of the molecule is CCC1(N2C(=O)C(O)(CC(=O)c3ccccc3O)c3ccccc32)CNc2ccccc21. The molecule has 3 aromatic rings. The Kier molecular flexibility index (Phi) is 4.57. The quantitative estimate of drug-likeness (QED) is 0.536. The number of rotatable bonds is 5. The molecule has 0 aromatic heterocycles. The van der Waals surface area contributed by atoms with Crippen LogP contribution < -0.4 is 10.2 Å². The second-order valence-corrected chi connectivity index (χ2v) is 8.42. The van der Waals surface area contributed by atoms with Crippen LogP contribution in [0.15, 0.2) is 72.8 Å². The zero-order chi connectivity index (χ0) is 22.5. The molecule has 0 aliphatic carbocycles. The number of carbonyl (C=O) groups is 2. The predicted molar refractivity (Wildman–Crippen MR) is 122 cm³/mol. The highest BCUT2D eigenvalue weighted by atomic mass is 16.3. The van der Waals surface area contributed by atoms with Gasteiger partial charge < -0.3 is 15.5 Å². The molecule has 32 heavy (non-hydrogen) atoms. The maximum Gasteiger partial charge on any atom is 0.265 e. The normalized spacial score (nSPS) is 23.6. The van der Waals surface area contributed by atoms with E-state index < -0.39 is 29.3 Å². The minimum atomic E-state index is -2.02. The topological polar surface area (TPSA) is 89.9 Å². The summed E-state index contributed by atoms with van der Waals surface area (Å²) in [7, 11) is 0. The molecule has 0 fully saturated rings. The summed E-state index contributed by atoms with van der Waals surface area (Å²) >= 11 is 0. The summed E-state index contributed by atoms with van der Waals surface area (Å²) in [5.74, 6) is -1.19. The van der Waals surface area contributed by atoms with Gasteiger partial charge in [-0.15, -0.1) is 0 Å². The van der Waals surface area contributed by atoms with E-state index in [1.165, 1.54) is 12.1 Å². The average molecular weight is 428 g/mol. The number of Topliss-reactive ketones (excluding diaryl/α,β-unsaturated/α-hetero) is 1. The van der Waals surface area contributed by atoms with Gasteiger partial charge in [-0.2, -0.15) is 0 Å². The lowest BCUT2D eigenvalue weighted by molar-refractivity contribution is -0.137. The van der Waals surface area contributed by atoms with Crippen LogP contribution >= 0.6 is 0 Å². The number of anilines is 2. The first kappa shape index (κ1) is 20.3. The van der Waals surface area contributed by atoms with Gasteiger partial charge in [-0.25, -0.2) is 0 Å². The molecule has 162 valence electrons. The molecular formula is C26H24N2O4. The molecule has 2 atom stereocenters. The van der Waals surface area contributed by atoms with Crippen LogP contribution in [0.1, 0.15) is 41.3 Å². The highest BCUT2D eigenvalue weighted by Crippen LogP contribution is 2.52. The number of phenolic OH excluding ortho intramolecular Hbond substituents is 1. The molecule has 2 aliphatic heterocycles. The highest BCUT2D eigenvalue weighted by molar-refractivity contribution is 6.12. The number of phenols is 1. The van der Waals surface area contributed by atoms with Crippen LogP contribution in [0.3, 0.4) is 0 Å². The first-order valence-corrected chi connectivity index (χ1v) is 10.7. The second-order valence-electron chi connectivity index (χ2n) is 8.42. The van der Waals surface area contributed by atoms with Gasteiger partial charge in [-0.05, 0) is 30.7 Å². The van der Waals surface area contributed by atoms with Crippen molar-refractivity contribution >= 4 is 23.1 Å². The number of para-hydroxylation sites is 3. The maximum atomic E-state index is 13.9. The summed E-state index contributed by atoms with van der Waals surface area (Å²) in [6, 6.07) is 21.1. The summed E-state index contributed by atoms with van der Waals surface area (Å²) in [6.07, 6.45) is 0.173. The van der Waals surface area contributed by atoms with Crippen LogP contribution in [0.4, 0.5) is 11.4 Å². The molecule has 2 unspecified atom stereocenters. The van der Waals surface area contributed by atoms with E-state index in [1.807, 2.05) is 43.3 Å². The molecule has 6 nitrogen and oxygen atoms in total. The van der Waals surface area contributed by atoms with Crippen molar-refractivity contribution in [3.8, 4) is 5.75 Å². The maximum absolute atomic E-state index is 13.9. The highest BCUT2D eigenvalue weighted by Gasteiger charge is 2.58. The number of aromatic hydroxyl groups is 1. The summed E-state index contributed by atoms with van der Waals surface area (Å²) in [5.41, 5.74) is 0.337. The van der Waals surface area contributed by atoms with Crippen molar-refractivity contribution in [1.82, 2.24) is 0 Å². The summed E-state index contributed by atoms with van der Waals surface area (Å²) < 4.78 is 0. The monoisotopic (exact) mass is 428 g/mol. The zero-order valence-electron chi connectivity index (χ0n) is 17.7. The third-order valence-electron chi connectivity index (χ3n) is 6.78. The van der Waals surface area contributed by atoms with Crippen LogP contribution in [0.5, 0.6) is 5.75 Å². The van der Waals surface area contributed by atoms with E-state index in [0.29, 0.717) is 24.2 Å². The molecule has 3 aromatic carbocycles. The van der Waals surface area contributed by atoms with Gasteiger partial charge >= 0.3 is 0 Å². The minimum absolute atomic E-state index is 0.0859. The Labute approximate surface area is 186 Å². The van der Waals surface area contributed by atoms with Crippen molar-refractivity contribution in [3.63, 3.8) is 0 Å². The second kappa shape index (κ2) is 7.21. The zero-order valence-corrected chi connectivity index (χ0v) is 17.7. The lowest BCUT2D eigenvalue weighted by atomic mass is 9.86. The fraction of sp³-hybridized carbons (Fsp3) is 0.231. The number of hydrogen-bond acceptors (Lipinski definition) is 5. The Morgan fingerprint density at radius 3 is 2.41 bits per heavy atom. The van der Waals surface area contributed by atoms with Crippen molar-refractivity contribution in [2.45, 2.75) is 30.9 Å². The number of aliphatic hydroxyl groups is 1. The van der Waals surface area contributed by atoms with Gasteiger partial charge in [0, 0.05) is 23.4 Å². The van der Waals surface area contributed by atoms with E-state index in [-0.39, 0.29) is 11.3 Å². The number of nitrogens with one attached hydrogen (secondary N) is 1. The van der Waals surface area contributed by atoms with E-state index in [0.717, 1.165) is 11.3 Å². The number of fused-ring (bicyclic) bond motifs is 2. The Morgan fingerprint density at radius 1 is 1.00 bits per heavy atom. The van der Waals surface area contributed by atoms with Crippen LogP contribution in [0, 0.1) is 0 Å². The number of hydrogen-bond donors (Lipinski definition) is 3. The molecule has 0 saturated heterocycles. The molecule has 0 radical (unpaired) electrons. The number of nitrogens with zero attached hydrogens (tertiary/aromatic N) is 1. The average Bonchev–Trinajstić information content (AvgIpc) is 3.28. The molecular weight excluding hydrogens is 404 g/mol. The van der Waals surface area contributed by atoms with Gasteiger partial charge in [0.25, 0.3) is 5.91 Å². The lowest BCUT2D eigenvalue weighted by Crippen LogP contribution is -2.53. The molecule has 0 spiro atoms. The van der Waals surface area contributed by atoms with Crippen molar-refractivity contribution in [3.05, 3.63) is 89.5 Å². The van der Waals surface area contributed by atoms with E-state index in [9.17, 15) is 19.8 Å². The molecule has 3 N–H and O–H groups in total. The van der Waals surface area contributed by atoms with Crippen LogP contribution in [-0.4, -0.2) is 28.4 Å². The summed E-state index contributed by atoms with van der Waals surface area (Å²) in [4.78, 5) is 28.7. The van der Waals surface area contributed by atoms with Crippen molar-refractivity contribution in [2.75, 3.05) is 16.8 Å². The molecule has 5 rings (SSSR count). The fourth-order valence-electron chi connectivity index (χ4n) is 5.11.